The SMILES string of the molecule is O=c1cc(-c2ccc(C(F)(F)F)cc2)ccn1-c1ccc2c(c1)nc1n2CCNC1. The van der Waals surface area contributed by atoms with Gasteiger partial charge in [0.15, 0.2) is 0 Å². The van der Waals surface area contributed by atoms with Crippen LogP contribution in [0.15, 0.2) is 65.6 Å². The zero-order chi connectivity index (χ0) is 20.9. The molecule has 0 atom stereocenters. The molecule has 4 aromatic rings. The van der Waals surface area contributed by atoms with Crippen LogP contribution in [0.1, 0.15) is 11.4 Å². The number of hydrogen-bond acceptors (Lipinski definition) is 3. The molecule has 5 rings (SSSR count). The second-order valence-electron chi connectivity index (χ2n) is 7.23. The summed E-state index contributed by atoms with van der Waals surface area (Å²) in [6, 6.07) is 13.6. The average molecular weight is 410 g/mol. The lowest BCUT2D eigenvalue weighted by atomic mass is 10.0. The number of pyridine rings is 1. The summed E-state index contributed by atoms with van der Waals surface area (Å²) in [5, 5.41) is 3.29. The Balaban J connectivity index is 1.50. The molecule has 0 aliphatic carbocycles. The van der Waals surface area contributed by atoms with Crippen molar-refractivity contribution in [2.24, 2.45) is 0 Å². The van der Waals surface area contributed by atoms with Gasteiger partial charge in [0.25, 0.3) is 5.56 Å². The minimum absolute atomic E-state index is 0.266. The van der Waals surface area contributed by atoms with Crippen molar-refractivity contribution in [1.82, 2.24) is 19.4 Å². The van der Waals surface area contributed by atoms with Crippen LogP contribution < -0.4 is 10.9 Å². The summed E-state index contributed by atoms with van der Waals surface area (Å²) >= 11 is 0. The second-order valence-corrected chi connectivity index (χ2v) is 7.23. The maximum atomic E-state index is 12.7. The third-order valence-corrected chi connectivity index (χ3v) is 5.35. The topological polar surface area (TPSA) is 51.9 Å². The lowest BCUT2D eigenvalue weighted by Crippen LogP contribution is -2.28. The molecule has 1 aliphatic rings. The predicted octanol–water partition coefficient (Wildman–Crippen LogP) is 3.98. The van der Waals surface area contributed by atoms with Crippen molar-refractivity contribution in [1.29, 1.82) is 0 Å². The minimum Gasteiger partial charge on any atom is -0.326 e. The molecule has 0 saturated carbocycles. The summed E-state index contributed by atoms with van der Waals surface area (Å²) in [6.45, 7) is 2.46. The molecule has 0 bridgehead atoms. The molecule has 8 heteroatoms. The van der Waals surface area contributed by atoms with Gasteiger partial charge in [0.2, 0.25) is 0 Å². The van der Waals surface area contributed by atoms with E-state index in [0.29, 0.717) is 23.4 Å². The Hall–Kier alpha value is -3.39. The molecule has 152 valence electrons. The van der Waals surface area contributed by atoms with E-state index in [2.05, 4.69) is 14.9 Å². The summed E-state index contributed by atoms with van der Waals surface area (Å²) in [7, 11) is 0. The molecule has 5 nitrogen and oxygen atoms in total. The number of rotatable bonds is 2. The van der Waals surface area contributed by atoms with Crippen molar-refractivity contribution in [3.63, 3.8) is 0 Å². The van der Waals surface area contributed by atoms with Crippen molar-refractivity contribution in [3.8, 4) is 16.8 Å². The van der Waals surface area contributed by atoms with Crippen LogP contribution in [0.5, 0.6) is 0 Å². The number of nitrogens with zero attached hydrogens (tertiary/aromatic N) is 3. The van der Waals surface area contributed by atoms with Crippen LogP contribution in [0.25, 0.3) is 27.8 Å². The van der Waals surface area contributed by atoms with E-state index in [-0.39, 0.29) is 5.56 Å². The van der Waals surface area contributed by atoms with Crippen molar-refractivity contribution < 1.29 is 13.2 Å². The number of aromatic nitrogens is 3. The van der Waals surface area contributed by atoms with Gasteiger partial charge in [0.05, 0.1) is 28.8 Å². The standard InChI is InChI=1S/C22H17F3N4O/c23-22(24,25)16-3-1-14(2-4-16)15-7-9-28(21(30)11-15)17-5-6-19-18(12-17)27-20-13-26-8-10-29(19)20/h1-7,9,11-12,26H,8,10,13H2. The van der Waals surface area contributed by atoms with E-state index in [4.69, 9.17) is 0 Å². The molecule has 0 unspecified atom stereocenters. The van der Waals surface area contributed by atoms with Crippen LogP contribution in [-0.2, 0) is 19.3 Å². The molecule has 2 aromatic carbocycles. The zero-order valence-corrected chi connectivity index (χ0v) is 15.8. The van der Waals surface area contributed by atoms with E-state index < -0.39 is 11.7 Å². The Morgan fingerprint density at radius 1 is 0.967 bits per heavy atom. The maximum absolute atomic E-state index is 12.7. The first kappa shape index (κ1) is 18.6. The Kier molecular flexibility index (Phi) is 4.25. The maximum Gasteiger partial charge on any atom is 0.416 e. The van der Waals surface area contributed by atoms with Gasteiger partial charge in [-0.2, -0.15) is 13.2 Å². The second kappa shape index (κ2) is 6.84. The fourth-order valence-corrected chi connectivity index (χ4v) is 3.82. The number of benzene rings is 2. The quantitative estimate of drug-likeness (QED) is 0.544. The van der Waals surface area contributed by atoms with Crippen LogP contribution in [0, 0.1) is 0 Å². The predicted molar refractivity (Wildman–Crippen MR) is 107 cm³/mol. The van der Waals surface area contributed by atoms with Crippen molar-refractivity contribution >= 4 is 11.0 Å². The third-order valence-electron chi connectivity index (χ3n) is 5.35. The van der Waals surface area contributed by atoms with E-state index >= 15 is 0 Å². The van der Waals surface area contributed by atoms with E-state index in [1.807, 2.05) is 18.2 Å². The van der Waals surface area contributed by atoms with Gasteiger partial charge in [0.1, 0.15) is 5.82 Å². The van der Waals surface area contributed by atoms with E-state index in [1.165, 1.54) is 22.8 Å². The van der Waals surface area contributed by atoms with Gasteiger partial charge in [-0.05, 0) is 47.5 Å². The monoisotopic (exact) mass is 410 g/mol. The van der Waals surface area contributed by atoms with Gasteiger partial charge >= 0.3 is 6.18 Å². The van der Waals surface area contributed by atoms with Crippen LogP contribution in [0.3, 0.4) is 0 Å². The lowest BCUT2D eigenvalue weighted by molar-refractivity contribution is -0.137. The zero-order valence-electron chi connectivity index (χ0n) is 15.8. The fourth-order valence-electron chi connectivity index (χ4n) is 3.82. The van der Waals surface area contributed by atoms with Crippen molar-refractivity contribution in [2.45, 2.75) is 19.3 Å². The molecular weight excluding hydrogens is 393 g/mol. The van der Waals surface area contributed by atoms with Crippen LogP contribution in [0.4, 0.5) is 13.2 Å². The smallest absolute Gasteiger partial charge is 0.326 e. The van der Waals surface area contributed by atoms with Crippen molar-refractivity contribution in [2.75, 3.05) is 6.54 Å². The van der Waals surface area contributed by atoms with E-state index in [1.54, 1.807) is 12.3 Å². The molecule has 0 fully saturated rings. The molecule has 1 N–H and O–H groups in total. The minimum atomic E-state index is -4.39. The molecule has 3 heterocycles. The Labute approximate surface area is 169 Å². The van der Waals surface area contributed by atoms with Crippen LogP contribution in [-0.4, -0.2) is 20.7 Å². The Bertz CT molecular complexity index is 1300. The highest BCUT2D eigenvalue weighted by molar-refractivity contribution is 5.78. The lowest BCUT2D eigenvalue weighted by Gasteiger charge is -2.15. The number of nitrogens with one attached hydrogen (secondary N) is 1. The fraction of sp³-hybridized carbons (Fsp3) is 0.182. The summed E-state index contributed by atoms with van der Waals surface area (Å²) < 4.78 is 41.9. The largest absolute Gasteiger partial charge is 0.416 e. The Morgan fingerprint density at radius 2 is 1.77 bits per heavy atom. The van der Waals surface area contributed by atoms with Gasteiger partial charge in [0, 0.05) is 25.4 Å². The highest BCUT2D eigenvalue weighted by Crippen LogP contribution is 2.30. The number of hydrogen-bond donors (Lipinski definition) is 1. The van der Waals surface area contributed by atoms with Crippen LogP contribution in [0.2, 0.25) is 0 Å². The van der Waals surface area contributed by atoms with Gasteiger partial charge in [-0.15, -0.1) is 0 Å². The van der Waals surface area contributed by atoms with Gasteiger partial charge < -0.3 is 9.88 Å². The summed E-state index contributed by atoms with van der Waals surface area (Å²) in [5.74, 6) is 0.971. The van der Waals surface area contributed by atoms with Gasteiger partial charge in [-0.25, -0.2) is 4.98 Å². The summed E-state index contributed by atoms with van der Waals surface area (Å²) in [5.41, 5.74) is 2.68. The molecule has 30 heavy (non-hydrogen) atoms. The molecule has 0 saturated heterocycles. The third kappa shape index (κ3) is 3.19. The highest BCUT2D eigenvalue weighted by Gasteiger charge is 2.30. The van der Waals surface area contributed by atoms with Gasteiger partial charge in [-0.3, -0.25) is 9.36 Å². The first-order valence-corrected chi connectivity index (χ1v) is 9.51. The van der Waals surface area contributed by atoms with E-state index in [0.717, 1.165) is 42.1 Å². The number of alkyl halides is 3. The number of imidazole rings is 1. The number of fused-ring (bicyclic) bond motifs is 3. The average Bonchev–Trinajstić information content (AvgIpc) is 3.11. The summed E-state index contributed by atoms with van der Waals surface area (Å²) in [6.07, 6.45) is -2.75. The van der Waals surface area contributed by atoms with E-state index in [9.17, 15) is 18.0 Å². The normalized spacial score (nSPS) is 14.1. The molecule has 0 amide bonds. The number of halogens is 3. The van der Waals surface area contributed by atoms with Crippen LogP contribution >= 0.6 is 0 Å². The molecule has 0 radical (unpaired) electrons. The molecule has 2 aromatic heterocycles. The van der Waals surface area contributed by atoms with Gasteiger partial charge in [-0.1, -0.05) is 12.1 Å². The molecule has 0 spiro atoms. The highest BCUT2D eigenvalue weighted by atomic mass is 19.4. The first-order chi connectivity index (χ1) is 14.4. The molecule has 1 aliphatic heterocycles. The van der Waals surface area contributed by atoms with Crippen molar-refractivity contribution in [3.05, 3.63) is 82.5 Å². The first-order valence-electron chi connectivity index (χ1n) is 9.51. The Morgan fingerprint density at radius 3 is 2.50 bits per heavy atom. The molecular formula is C22H17F3N4O. The summed E-state index contributed by atoms with van der Waals surface area (Å²) in [4.78, 5) is 17.4.